The molecule has 0 saturated heterocycles. The molecule has 100 valence electrons. The number of nitrogens with one attached hydrogen (secondary N) is 1. The van der Waals surface area contributed by atoms with E-state index in [1.807, 2.05) is 6.07 Å². The van der Waals surface area contributed by atoms with Crippen molar-refractivity contribution in [2.45, 2.75) is 26.4 Å². The van der Waals surface area contributed by atoms with Gasteiger partial charge in [0.25, 0.3) is 0 Å². The molecular formula is C16H18ClNO. The summed E-state index contributed by atoms with van der Waals surface area (Å²) in [6, 6.07) is 14.0. The molecule has 1 atom stereocenters. The van der Waals surface area contributed by atoms with Crippen LogP contribution in [0, 0.1) is 6.92 Å². The Morgan fingerprint density at radius 2 is 2.00 bits per heavy atom. The van der Waals surface area contributed by atoms with E-state index < -0.39 is 0 Å². The number of aromatic hydroxyl groups is 1. The zero-order chi connectivity index (χ0) is 13.8. The molecule has 0 aliphatic carbocycles. The van der Waals surface area contributed by atoms with Crippen molar-refractivity contribution in [3.05, 3.63) is 64.2 Å². The zero-order valence-electron chi connectivity index (χ0n) is 11.2. The van der Waals surface area contributed by atoms with E-state index >= 15 is 0 Å². The summed E-state index contributed by atoms with van der Waals surface area (Å²) in [5, 5.41) is 13.2. The summed E-state index contributed by atoms with van der Waals surface area (Å²) < 4.78 is 0. The molecule has 0 radical (unpaired) electrons. The lowest BCUT2D eigenvalue weighted by atomic mass is 10.1. The second-order valence-electron chi connectivity index (χ2n) is 4.80. The lowest BCUT2D eigenvalue weighted by Gasteiger charge is -2.15. The Kier molecular flexibility index (Phi) is 4.46. The average molecular weight is 276 g/mol. The Bertz CT molecular complexity index is 568. The first-order valence-corrected chi connectivity index (χ1v) is 6.71. The molecular weight excluding hydrogens is 258 g/mol. The van der Waals surface area contributed by atoms with Crippen LogP contribution in [-0.4, -0.2) is 5.11 Å². The van der Waals surface area contributed by atoms with Crippen molar-refractivity contribution in [2.24, 2.45) is 0 Å². The van der Waals surface area contributed by atoms with Gasteiger partial charge >= 0.3 is 0 Å². The molecule has 3 heteroatoms. The minimum atomic E-state index is 0.122. The number of hydrogen-bond donors (Lipinski definition) is 2. The van der Waals surface area contributed by atoms with Crippen LogP contribution in [0.25, 0.3) is 0 Å². The van der Waals surface area contributed by atoms with Crippen LogP contribution in [0.1, 0.15) is 29.7 Å². The highest BCUT2D eigenvalue weighted by atomic mass is 35.5. The third-order valence-corrected chi connectivity index (χ3v) is 3.47. The SMILES string of the molecule is Cc1cccc([C@@H](C)NCc2ccc(O)c(Cl)c2)c1. The van der Waals surface area contributed by atoms with Gasteiger partial charge in [0.1, 0.15) is 5.75 Å². The summed E-state index contributed by atoms with van der Waals surface area (Å²) in [4.78, 5) is 0. The van der Waals surface area contributed by atoms with Crippen molar-refractivity contribution < 1.29 is 5.11 Å². The van der Waals surface area contributed by atoms with Crippen LogP contribution < -0.4 is 5.32 Å². The molecule has 2 nitrogen and oxygen atoms in total. The first kappa shape index (κ1) is 13.9. The quantitative estimate of drug-likeness (QED) is 0.876. The van der Waals surface area contributed by atoms with Gasteiger partial charge in [-0.3, -0.25) is 0 Å². The fraction of sp³-hybridized carbons (Fsp3) is 0.250. The predicted octanol–water partition coefficient (Wildman–Crippen LogP) is 4.20. The number of aryl methyl sites for hydroxylation is 1. The monoisotopic (exact) mass is 275 g/mol. The van der Waals surface area contributed by atoms with E-state index in [2.05, 4.69) is 43.4 Å². The fourth-order valence-electron chi connectivity index (χ4n) is 1.99. The van der Waals surface area contributed by atoms with Crippen LogP contribution >= 0.6 is 11.6 Å². The third-order valence-electron chi connectivity index (χ3n) is 3.17. The standard InChI is InChI=1S/C16H18ClNO/c1-11-4-3-5-14(8-11)12(2)18-10-13-6-7-16(19)15(17)9-13/h3-9,12,18-19H,10H2,1-2H3/t12-/m1/s1. The molecule has 0 heterocycles. The van der Waals surface area contributed by atoms with Crippen molar-refractivity contribution in [1.82, 2.24) is 5.32 Å². The van der Waals surface area contributed by atoms with Gasteiger partial charge in [-0.15, -0.1) is 0 Å². The Balaban J connectivity index is 2.00. The van der Waals surface area contributed by atoms with E-state index in [9.17, 15) is 5.11 Å². The van der Waals surface area contributed by atoms with Crippen LogP contribution in [0.3, 0.4) is 0 Å². The molecule has 2 aromatic carbocycles. The second kappa shape index (κ2) is 6.09. The molecule has 0 saturated carbocycles. The molecule has 0 fully saturated rings. The maximum atomic E-state index is 9.38. The number of phenols is 1. The molecule has 2 rings (SSSR count). The third kappa shape index (κ3) is 3.72. The summed E-state index contributed by atoms with van der Waals surface area (Å²) in [6.07, 6.45) is 0. The molecule has 19 heavy (non-hydrogen) atoms. The number of phenolic OH excluding ortho intramolecular Hbond substituents is 1. The van der Waals surface area contributed by atoms with Gasteiger partial charge in [-0.1, -0.05) is 47.5 Å². The van der Waals surface area contributed by atoms with Crippen LogP contribution in [0.2, 0.25) is 5.02 Å². The number of hydrogen-bond acceptors (Lipinski definition) is 2. The zero-order valence-corrected chi connectivity index (χ0v) is 11.9. The van der Waals surface area contributed by atoms with E-state index in [-0.39, 0.29) is 11.8 Å². The van der Waals surface area contributed by atoms with Gasteiger partial charge in [0.2, 0.25) is 0 Å². The van der Waals surface area contributed by atoms with Crippen LogP contribution in [-0.2, 0) is 6.54 Å². The van der Waals surface area contributed by atoms with Gasteiger partial charge in [0, 0.05) is 12.6 Å². The van der Waals surface area contributed by atoms with Crippen LogP contribution in [0.4, 0.5) is 0 Å². The van der Waals surface area contributed by atoms with E-state index in [1.165, 1.54) is 11.1 Å². The Hall–Kier alpha value is -1.51. The van der Waals surface area contributed by atoms with Gasteiger partial charge in [0.05, 0.1) is 5.02 Å². The molecule has 0 aliphatic rings. The summed E-state index contributed by atoms with van der Waals surface area (Å²) in [7, 11) is 0. The van der Waals surface area contributed by atoms with Crippen LogP contribution in [0.5, 0.6) is 5.75 Å². The minimum Gasteiger partial charge on any atom is -0.506 e. The molecule has 0 bridgehead atoms. The maximum absolute atomic E-state index is 9.38. The summed E-state index contributed by atoms with van der Waals surface area (Å²) in [5.74, 6) is 0.122. The minimum absolute atomic E-state index is 0.122. The summed E-state index contributed by atoms with van der Waals surface area (Å²) in [6.45, 7) is 4.95. The maximum Gasteiger partial charge on any atom is 0.134 e. The lowest BCUT2D eigenvalue weighted by molar-refractivity contribution is 0.475. The fourth-order valence-corrected chi connectivity index (χ4v) is 2.19. The van der Waals surface area contributed by atoms with Crippen molar-refractivity contribution in [3.63, 3.8) is 0 Å². The lowest BCUT2D eigenvalue weighted by Crippen LogP contribution is -2.18. The summed E-state index contributed by atoms with van der Waals surface area (Å²) in [5.41, 5.74) is 3.59. The van der Waals surface area contributed by atoms with Crippen molar-refractivity contribution >= 4 is 11.6 Å². The van der Waals surface area contributed by atoms with E-state index in [0.717, 1.165) is 12.1 Å². The van der Waals surface area contributed by atoms with Crippen molar-refractivity contribution in [1.29, 1.82) is 0 Å². The normalized spacial score (nSPS) is 12.4. The second-order valence-corrected chi connectivity index (χ2v) is 5.21. The van der Waals surface area contributed by atoms with Gasteiger partial charge in [-0.05, 0) is 37.1 Å². The van der Waals surface area contributed by atoms with Crippen molar-refractivity contribution in [2.75, 3.05) is 0 Å². The van der Waals surface area contributed by atoms with Crippen LogP contribution in [0.15, 0.2) is 42.5 Å². The Morgan fingerprint density at radius 3 is 2.68 bits per heavy atom. The Labute approximate surface area is 119 Å². The highest BCUT2D eigenvalue weighted by Crippen LogP contribution is 2.24. The average Bonchev–Trinajstić information content (AvgIpc) is 2.40. The van der Waals surface area contributed by atoms with Gasteiger partial charge in [-0.2, -0.15) is 0 Å². The topological polar surface area (TPSA) is 32.3 Å². The molecule has 0 amide bonds. The van der Waals surface area contributed by atoms with Gasteiger partial charge in [0.15, 0.2) is 0 Å². The molecule has 2 N–H and O–H groups in total. The molecule has 0 aromatic heterocycles. The highest BCUT2D eigenvalue weighted by Gasteiger charge is 2.06. The molecule has 0 unspecified atom stereocenters. The van der Waals surface area contributed by atoms with Gasteiger partial charge in [-0.25, -0.2) is 0 Å². The first-order chi connectivity index (χ1) is 9.06. The van der Waals surface area contributed by atoms with E-state index in [4.69, 9.17) is 11.6 Å². The molecule has 0 spiro atoms. The van der Waals surface area contributed by atoms with Gasteiger partial charge < -0.3 is 10.4 Å². The molecule has 2 aromatic rings. The first-order valence-electron chi connectivity index (χ1n) is 6.33. The number of benzene rings is 2. The Morgan fingerprint density at radius 1 is 1.21 bits per heavy atom. The largest absolute Gasteiger partial charge is 0.506 e. The predicted molar refractivity (Wildman–Crippen MR) is 79.6 cm³/mol. The molecule has 0 aliphatic heterocycles. The highest BCUT2D eigenvalue weighted by molar-refractivity contribution is 6.32. The number of halogens is 1. The smallest absolute Gasteiger partial charge is 0.134 e. The van der Waals surface area contributed by atoms with E-state index in [0.29, 0.717) is 5.02 Å². The summed E-state index contributed by atoms with van der Waals surface area (Å²) >= 11 is 5.89. The van der Waals surface area contributed by atoms with E-state index in [1.54, 1.807) is 12.1 Å². The number of rotatable bonds is 4. The van der Waals surface area contributed by atoms with Crippen molar-refractivity contribution in [3.8, 4) is 5.75 Å².